The fourth-order valence-electron chi connectivity index (χ4n) is 2.78. The molecule has 0 aliphatic heterocycles. The molecule has 1 rings (SSSR count). The second kappa shape index (κ2) is 11.1. The molecule has 3 heteroatoms. The first-order valence-electron chi connectivity index (χ1n) is 8.33. The van der Waals surface area contributed by atoms with Crippen molar-refractivity contribution in [2.75, 3.05) is 6.54 Å². The van der Waals surface area contributed by atoms with Gasteiger partial charge in [0.25, 0.3) is 0 Å². The zero-order valence-corrected chi connectivity index (χ0v) is 14.0. The zero-order chi connectivity index (χ0) is 15.5. The maximum atomic E-state index is 10.4. The van der Waals surface area contributed by atoms with E-state index in [0.29, 0.717) is 11.6 Å². The predicted octanol–water partition coefficient (Wildman–Crippen LogP) is 4.88. The highest BCUT2D eigenvalue weighted by atomic mass is 35.5. The van der Waals surface area contributed by atoms with Crippen LogP contribution in [0.15, 0.2) is 24.3 Å². The second-order valence-electron chi connectivity index (χ2n) is 5.84. The van der Waals surface area contributed by atoms with Gasteiger partial charge in [0.2, 0.25) is 0 Å². The van der Waals surface area contributed by atoms with E-state index in [-0.39, 0.29) is 5.92 Å². The van der Waals surface area contributed by atoms with E-state index >= 15 is 0 Å². The molecule has 0 saturated carbocycles. The van der Waals surface area contributed by atoms with Crippen LogP contribution in [0.1, 0.15) is 69.8 Å². The SMILES string of the molecule is CCCCCCCCCC(O)C(CN)c1ccccc1Cl. The molecule has 120 valence electrons. The van der Waals surface area contributed by atoms with Crippen LogP contribution in [0.3, 0.4) is 0 Å². The lowest BCUT2D eigenvalue weighted by atomic mass is 9.90. The molecule has 0 radical (unpaired) electrons. The topological polar surface area (TPSA) is 46.2 Å². The van der Waals surface area contributed by atoms with Crippen molar-refractivity contribution >= 4 is 11.6 Å². The molecule has 21 heavy (non-hydrogen) atoms. The Bertz CT molecular complexity index is 383. The van der Waals surface area contributed by atoms with Gasteiger partial charge >= 0.3 is 0 Å². The molecular weight excluding hydrogens is 282 g/mol. The predicted molar refractivity (Wildman–Crippen MR) is 91.9 cm³/mol. The van der Waals surface area contributed by atoms with Gasteiger partial charge in [0.05, 0.1) is 6.10 Å². The summed E-state index contributed by atoms with van der Waals surface area (Å²) < 4.78 is 0. The van der Waals surface area contributed by atoms with Crippen molar-refractivity contribution in [1.82, 2.24) is 0 Å². The summed E-state index contributed by atoms with van der Waals surface area (Å²) in [4.78, 5) is 0. The molecule has 0 saturated heterocycles. The molecule has 0 fully saturated rings. The number of hydrogen-bond acceptors (Lipinski definition) is 2. The number of halogens is 1. The van der Waals surface area contributed by atoms with Gasteiger partial charge in [0.15, 0.2) is 0 Å². The highest BCUT2D eigenvalue weighted by Crippen LogP contribution is 2.28. The lowest BCUT2D eigenvalue weighted by Crippen LogP contribution is -2.26. The van der Waals surface area contributed by atoms with Crippen LogP contribution in [-0.4, -0.2) is 17.8 Å². The third-order valence-corrected chi connectivity index (χ3v) is 4.47. The van der Waals surface area contributed by atoms with Crippen LogP contribution >= 0.6 is 11.6 Å². The Labute approximate surface area is 134 Å². The van der Waals surface area contributed by atoms with Crippen molar-refractivity contribution in [3.05, 3.63) is 34.9 Å². The molecule has 0 bridgehead atoms. The summed E-state index contributed by atoms with van der Waals surface area (Å²) in [5.41, 5.74) is 6.81. The number of rotatable bonds is 11. The lowest BCUT2D eigenvalue weighted by molar-refractivity contribution is 0.132. The standard InChI is InChI=1S/C18H30ClNO/c1-2-3-4-5-6-7-8-13-18(21)16(14-20)15-11-9-10-12-17(15)19/h9-12,16,18,21H,2-8,13-14,20H2,1H3. The number of unbranched alkanes of at least 4 members (excludes halogenated alkanes) is 6. The molecule has 3 N–H and O–H groups in total. The van der Waals surface area contributed by atoms with Gasteiger partial charge in [-0.15, -0.1) is 0 Å². The molecular formula is C18H30ClNO. The fraction of sp³-hybridized carbons (Fsp3) is 0.667. The smallest absolute Gasteiger partial charge is 0.0621 e. The van der Waals surface area contributed by atoms with E-state index in [4.69, 9.17) is 17.3 Å². The minimum Gasteiger partial charge on any atom is -0.392 e. The van der Waals surface area contributed by atoms with Gasteiger partial charge in [-0.3, -0.25) is 0 Å². The van der Waals surface area contributed by atoms with Gasteiger partial charge < -0.3 is 10.8 Å². The van der Waals surface area contributed by atoms with Gasteiger partial charge in [-0.2, -0.15) is 0 Å². The van der Waals surface area contributed by atoms with E-state index < -0.39 is 6.10 Å². The van der Waals surface area contributed by atoms with Crippen LogP contribution in [-0.2, 0) is 0 Å². The van der Waals surface area contributed by atoms with Crippen molar-refractivity contribution < 1.29 is 5.11 Å². The first kappa shape index (κ1) is 18.5. The molecule has 0 aliphatic carbocycles. The third kappa shape index (κ3) is 6.82. The van der Waals surface area contributed by atoms with E-state index in [1.807, 2.05) is 24.3 Å². The second-order valence-corrected chi connectivity index (χ2v) is 6.25. The van der Waals surface area contributed by atoms with Crippen LogP contribution < -0.4 is 5.73 Å². The third-order valence-electron chi connectivity index (χ3n) is 4.13. The van der Waals surface area contributed by atoms with Crippen molar-refractivity contribution in [2.45, 2.75) is 70.3 Å². The quantitative estimate of drug-likeness (QED) is 0.572. The van der Waals surface area contributed by atoms with E-state index in [9.17, 15) is 5.11 Å². The minimum atomic E-state index is -0.398. The fourth-order valence-corrected chi connectivity index (χ4v) is 3.05. The average molecular weight is 312 g/mol. The summed E-state index contributed by atoms with van der Waals surface area (Å²) in [5.74, 6) is -0.0567. The minimum absolute atomic E-state index is 0.0567. The number of benzene rings is 1. The molecule has 0 aromatic heterocycles. The average Bonchev–Trinajstić information content (AvgIpc) is 2.49. The van der Waals surface area contributed by atoms with Crippen LogP contribution in [0.2, 0.25) is 5.02 Å². The Morgan fingerprint density at radius 1 is 1.05 bits per heavy atom. The van der Waals surface area contributed by atoms with E-state index in [1.165, 1.54) is 38.5 Å². The van der Waals surface area contributed by atoms with Crippen molar-refractivity contribution in [2.24, 2.45) is 5.73 Å². The number of hydrogen-bond donors (Lipinski definition) is 2. The molecule has 2 unspecified atom stereocenters. The van der Waals surface area contributed by atoms with Crippen LogP contribution in [0, 0.1) is 0 Å². The Hall–Kier alpha value is -0.570. The van der Waals surface area contributed by atoms with Crippen LogP contribution in [0.5, 0.6) is 0 Å². The summed E-state index contributed by atoms with van der Waals surface area (Å²) in [6.45, 7) is 2.67. The largest absolute Gasteiger partial charge is 0.392 e. The molecule has 0 heterocycles. The van der Waals surface area contributed by atoms with Gasteiger partial charge in [0.1, 0.15) is 0 Å². The molecule has 1 aromatic carbocycles. The normalized spacial score (nSPS) is 14.1. The highest BCUT2D eigenvalue weighted by molar-refractivity contribution is 6.31. The van der Waals surface area contributed by atoms with E-state index in [0.717, 1.165) is 18.4 Å². The van der Waals surface area contributed by atoms with Crippen molar-refractivity contribution in [3.8, 4) is 0 Å². The molecule has 0 spiro atoms. The Balaban J connectivity index is 2.32. The van der Waals surface area contributed by atoms with Gasteiger partial charge in [-0.05, 0) is 18.1 Å². The summed E-state index contributed by atoms with van der Waals surface area (Å²) in [5, 5.41) is 11.1. The monoisotopic (exact) mass is 311 g/mol. The highest BCUT2D eigenvalue weighted by Gasteiger charge is 2.21. The summed E-state index contributed by atoms with van der Waals surface area (Å²) in [6, 6.07) is 7.68. The maximum absolute atomic E-state index is 10.4. The van der Waals surface area contributed by atoms with E-state index in [2.05, 4.69) is 6.92 Å². The number of aliphatic hydroxyl groups is 1. The molecule has 1 aromatic rings. The van der Waals surface area contributed by atoms with E-state index in [1.54, 1.807) is 0 Å². The molecule has 0 aliphatic rings. The zero-order valence-electron chi connectivity index (χ0n) is 13.2. The van der Waals surface area contributed by atoms with Gasteiger partial charge in [0, 0.05) is 17.5 Å². The van der Waals surface area contributed by atoms with Gasteiger partial charge in [-0.1, -0.05) is 81.7 Å². The summed E-state index contributed by atoms with van der Waals surface area (Å²) >= 11 is 6.21. The van der Waals surface area contributed by atoms with Crippen molar-refractivity contribution in [1.29, 1.82) is 0 Å². The Morgan fingerprint density at radius 2 is 1.67 bits per heavy atom. The molecule has 2 atom stereocenters. The lowest BCUT2D eigenvalue weighted by Gasteiger charge is -2.23. The van der Waals surface area contributed by atoms with Gasteiger partial charge in [-0.25, -0.2) is 0 Å². The number of aliphatic hydroxyl groups excluding tert-OH is 1. The summed E-state index contributed by atoms with van der Waals surface area (Å²) in [7, 11) is 0. The first-order valence-corrected chi connectivity index (χ1v) is 8.71. The summed E-state index contributed by atoms with van der Waals surface area (Å²) in [6.07, 6.45) is 9.21. The molecule has 2 nitrogen and oxygen atoms in total. The Morgan fingerprint density at radius 3 is 2.29 bits per heavy atom. The van der Waals surface area contributed by atoms with Crippen LogP contribution in [0.4, 0.5) is 0 Å². The first-order chi connectivity index (χ1) is 10.2. The van der Waals surface area contributed by atoms with Crippen LogP contribution in [0.25, 0.3) is 0 Å². The maximum Gasteiger partial charge on any atom is 0.0621 e. The Kier molecular flexibility index (Phi) is 9.73. The van der Waals surface area contributed by atoms with Crippen molar-refractivity contribution in [3.63, 3.8) is 0 Å². The molecule has 0 amide bonds. The number of nitrogens with two attached hydrogens (primary N) is 1.